The number of amides is 2. The molecule has 26 heavy (non-hydrogen) atoms. The second kappa shape index (κ2) is 6.49. The molecule has 136 valence electrons. The highest BCUT2D eigenvalue weighted by Crippen LogP contribution is 2.34. The van der Waals surface area contributed by atoms with Gasteiger partial charge in [0.15, 0.2) is 0 Å². The Bertz CT molecular complexity index is 992. The molecule has 0 spiro atoms. The van der Waals surface area contributed by atoms with Crippen molar-refractivity contribution < 1.29 is 26.8 Å². The van der Waals surface area contributed by atoms with Crippen molar-refractivity contribution >= 4 is 27.3 Å². The van der Waals surface area contributed by atoms with E-state index in [0.717, 1.165) is 17.0 Å². The number of alkyl halides is 2. The molecule has 2 aromatic carbocycles. The van der Waals surface area contributed by atoms with Crippen molar-refractivity contribution in [1.29, 1.82) is 0 Å². The number of nitrogens with zero attached hydrogens (tertiary/aromatic N) is 1. The van der Waals surface area contributed by atoms with E-state index in [0.29, 0.717) is 11.3 Å². The summed E-state index contributed by atoms with van der Waals surface area (Å²) in [5.74, 6) is -5.32. The third-order valence-electron chi connectivity index (χ3n) is 4.18. The number of para-hydroxylation sites is 1. The van der Waals surface area contributed by atoms with Crippen LogP contribution in [0.3, 0.4) is 0 Å². The SMILES string of the molecule is NC(=O)C1Cc2ccccc2N1C(=O)c1ccccc1S(=O)(=O)C(F)F. The van der Waals surface area contributed by atoms with Crippen molar-refractivity contribution in [2.75, 3.05) is 4.90 Å². The summed E-state index contributed by atoms with van der Waals surface area (Å²) in [6.45, 7) is 0. The number of sulfone groups is 1. The van der Waals surface area contributed by atoms with Crippen LogP contribution in [0.4, 0.5) is 14.5 Å². The molecule has 1 atom stereocenters. The molecular weight excluding hydrogens is 366 g/mol. The van der Waals surface area contributed by atoms with Crippen LogP contribution in [0, 0.1) is 0 Å². The summed E-state index contributed by atoms with van der Waals surface area (Å²) in [6, 6.07) is 10.3. The Morgan fingerprint density at radius 1 is 1.08 bits per heavy atom. The number of hydrogen-bond acceptors (Lipinski definition) is 4. The minimum absolute atomic E-state index is 0.168. The molecule has 0 radical (unpaired) electrons. The molecule has 0 aliphatic carbocycles. The molecule has 1 aliphatic heterocycles. The van der Waals surface area contributed by atoms with Gasteiger partial charge in [0.2, 0.25) is 15.7 Å². The van der Waals surface area contributed by atoms with Gasteiger partial charge in [-0.15, -0.1) is 0 Å². The van der Waals surface area contributed by atoms with Gasteiger partial charge in [0.1, 0.15) is 6.04 Å². The van der Waals surface area contributed by atoms with Crippen molar-refractivity contribution in [2.45, 2.75) is 23.1 Å². The first-order chi connectivity index (χ1) is 12.2. The Hall–Kier alpha value is -2.81. The minimum Gasteiger partial charge on any atom is -0.368 e. The van der Waals surface area contributed by atoms with Crippen molar-refractivity contribution in [2.24, 2.45) is 5.73 Å². The lowest BCUT2D eigenvalue weighted by molar-refractivity contribution is -0.119. The summed E-state index contributed by atoms with van der Waals surface area (Å²) in [7, 11) is -4.99. The number of nitrogens with two attached hydrogens (primary N) is 1. The zero-order chi connectivity index (χ0) is 19.1. The van der Waals surface area contributed by atoms with Crippen LogP contribution in [0.15, 0.2) is 53.4 Å². The number of fused-ring (bicyclic) bond motifs is 1. The maximum Gasteiger partial charge on any atom is 0.341 e. The molecule has 2 aromatic rings. The van der Waals surface area contributed by atoms with E-state index in [-0.39, 0.29) is 6.42 Å². The second-order valence-corrected chi connectivity index (χ2v) is 7.61. The van der Waals surface area contributed by atoms with Crippen molar-refractivity contribution in [3.63, 3.8) is 0 Å². The zero-order valence-corrected chi connectivity index (χ0v) is 14.1. The smallest absolute Gasteiger partial charge is 0.341 e. The van der Waals surface area contributed by atoms with E-state index in [4.69, 9.17) is 5.73 Å². The van der Waals surface area contributed by atoms with Crippen LogP contribution in [0.2, 0.25) is 0 Å². The quantitative estimate of drug-likeness (QED) is 0.874. The molecular formula is C17H14F2N2O4S. The number of benzene rings is 2. The predicted octanol–water partition coefficient (Wildman–Crippen LogP) is 1.74. The summed E-state index contributed by atoms with van der Waals surface area (Å²) in [5, 5.41) is 0. The van der Waals surface area contributed by atoms with E-state index in [1.165, 1.54) is 12.1 Å². The summed E-state index contributed by atoms with van der Waals surface area (Å²) in [4.78, 5) is 25.1. The lowest BCUT2D eigenvalue weighted by atomic mass is 10.1. The standard InChI is InChI=1S/C17H14F2N2O4S/c18-17(19)26(24,25)14-8-4-2-6-11(14)16(23)21-12-7-3-1-5-10(12)9-13(21)15(20)22/h1-8,13,17H,9H2,(H2,20,22). The van der Waals surface area contributed by atoms with Crippen LogP contribution in [0.5, 0.6) is 0 Å². The molecule has 2 N–H and O–H groups in total. The van der Waals surface area contributed by atoms with E-state index in [2.05, 4.69) is 0 Å². The van der Waals surface area contributed by atoms with Gasteiger partial charge in [-0.25, -0.2) is 8.42 Å². The Morgan fingerprint density at radius 2 is 1.69 bits per heavy atom. The van der Waals surface area contributed by atoms with Crippen molar-refractivity contribution in [3.8, 4) is 0 Å². The average Bonchev–Trinajstić information content (AvgIpc) is 3.00. The van der Waals surface area contributed by atoms with Crippen LogP contribution < -0.4 is 10.6 Å². The first-order valence-electron chi connectivity index (χ1n) is 7.57. The number of rotatable bonds is 4. The third kappa shape index (κ3) is 2.84. The maximum atomic E-state index is 13.0. The van der Waals surface area contributed by atoms with Crippen LogP contribution in [0.25, 0.3) is 0 Å². The topological polar surface area (TPSA) is 97.5 Å². The highest BCUT2D eigenvalue weighted by molar-refractivity contribution is 7.91. The Morgan fingerprint density at radius 3 is 2.35 bits per heavy atom. The number of halogens is 2. The second-order valence-electron chi connectivity index (χ2n) is 5.73. The summed E-state index contributed by atoms with van der Waals surface area (Å²) in [5.41, 5.74) is 6.02. The lowest BCUT2D eigenvalue weighted by Crippen LogP contribution is -2.46. The fraction of sp³-hybridized carbons (Fsp3) is 0.176. The van der Waals surface area contributed by atoms with Gasteiger partial charge in [0.25, 0.3) is 5.91 Å². The van der Waals surface area contributed by atoms with Gasteiger partial charge >= 0.3 is 5.76 Å². The number of carbonyl (C=O) groups is 2. The summed E-state index contributed by atoms with van der Waals surface area (Å²) < 4.78 is 49.8. The number of primary amides is 1. The predicted molar refractivity (Wildman–Crippen MR) is 89.6 cm³/mol. The van der Waals surface area contributed by atoms with E-state index in [9.17, 15) is 26.8 Å². The largest absolute Gasteiger partial charge is 0.368 e. The molecule has 9 heteroatoms. The molecule has 0 aromatic heterocycles. The third-order valence-corrected chi connectivity index (χ3v) is 5.62. The molecule has 0 saturated carbocycles. The van der Waals surface area contributed by atoms with Crippen molar-refractivity contribution in [1.82, 2.24) is 0 Å². The van der Waals surface area contributed by atoms with Gasteiger partial charge in [-0.05, 0) is 23.8 Å². The molecule has 1 aliphatic rings. The molecule has 0 saturated heterocycles. The van der Waals surface area contributed by atoms with Crippen LogP contribution >= 0.6 is 0 Å². The average molecular weight is 380 g/mol. The molecule has 0 bridgehead atoms. The van der Waals surface area contributed by atoms with E-state index >= 15 is 0 Å². The number of carbonyl (C=O) groups excluding carboxylic acids is 2. The first kappa shape index (κ1) is 18.0. The van der Waals surface area contributed by atoms with E-state index in [1.54, 1.807) is 24.3 Å². The summed E-state index contributed by atoms with van der Waals surface area (Å²) in [6.07, 6.45) is 0.168. The molecule has 0 fully saturated rings. The highest BCUT2D eigenvalue weighted by Gasteiger charge is 2.40. The molecule has 6 nitrogen and oxygen atoms in total. The Kier molecular flexibility index (Phi) is 4.49. The van der Waals surface area contributed by atoms with E-state index < -0.39 is 43.9 Å². The fourth-order valence-electron chi connectivity index (χ4n) is 2.98. The van der Waals surface area contributed by atoms with E-state index in [1.807, 2.05) is 0 Å². The van der Waals surface area contributed by atoms with Crippen molar-refractivity contribution in [3.05, 3.63) is 59.7 Å². The van der Waals surface area contributed by atoms with Gasteiger partial charge in [-0.3, -0.25) is 14.5 Å². The van der Waals surface area contributed by atoms with Gasteiger partial charge in [0, 0.05) is 12.1 Å². The fourth-order valence-corrected chi connectivity index (χ4v) is 3.90. The minimum atomic E-state index is -4.99. The van der Waals surface area contributed by atoms with Crippen LogP contribution in [-0.2, 0) is 21.1 Å². The van der Waals surface area contributed by atoms with Crippen LogP contribution in [0.1, 0.15) is 15.9 Å². The maximum absolute atomic E-state index is 13.0. The van der Waals surface area contributed by atoms with Gasteiger partial charge in [-0.2, -0.15) is 8.78 Å². The van der Waals surface area contributed by atoms with Gasteiger partial charge < -0.3 is 5.73 Å². The lowest BCUT2D eigenvalue weighted by Gasteiger charge is -2.24. The highest BCUT2D eigenvalue weighted by atomic mass is 32.2. The zero-order valence-electron chi connectivity index (χ0n) is 13.3. The Labute approximate surface area is 148 Å². The molecule has 2 amide bonds. The molecule has 3 rings (SSSR count). The monoisotopic (exact) mass is 380 g/mol. The van der Waals surface area contributed by atoms with Gasteiger partial charge in [-0.1, -0.05) is 30.3 Å². The first-order valence-corrected chi connectivity index (χ1v) is 9.11. The van der Waals surface area contributed by atoms with Crippen LogP contribution in [-0.4, -0.2) is 32.0 Å². The Balaban J connectivity index is 2.14. The molecule has 1 unspecified atom stereocenters. The molecule has 1 heterocycles. The summed E-state index contributed by atoms with van der Waals surface area (Å²) >= 11 is 0. The number of hydrogen-bond donors (Lipinski definition) is 1. The normalized spacial score (nSPS) is 16.6. The van der Waals surface area contributed by atoms with Gasteiger partial charge in [0.05, 0.1) is 10.5 Å². The number of anilines is 1.